The van der Waals surface area contributed by atoms with Crippen molar-refractivity contribution in [1.29, 1.82) is 0 Å². The van der Waals surface area contributed by atoms with Crippen molar-refractivity contribution in [2.75, 3.05) is 46.8 Å². The van der Waals surface area contributed by atoms with E-state index in [0.717, 1.165) is 16.5 Å². The van der Waals surface area contributed by atoms with Gasteiger partial charge in [-0.2, -0.15) is 4.98 Å². The van der Waals surface area contributed by atoms with Crippen LogP contribution in [0.4, 0.5) is 27.7 Å². The predicted molar refractivity (Wildman–Crippen MR) is 154 cm³/mol. The summed E-state index contributed by atoms with van der Waals surface area (Å²) in [6.45, 7) is 8.97. The molecule has 2 N–H and O–H groups in total. The number of alkyl halides is 1. The van der Waals surface area contributed by atoms with Crippen molar-refractivity contribution in [1.82, 2.24) is 15.0 Å². The zero-order valence-corrected chi connectivity index (χ0v) is 23.9. The molecular weight excluding hydrogens is 519 g/mol. The van der Waals surface area contributed by atoms with E-state index in [-0.39, 0.29) is 24.3 Å². The molecule has 0 aliphatic carbocycles. The minimum Gasteiger partial charge on any atom is -0.390 e. The van der Waals surface area contributed by atoms with Crippen LogP contribution < -0.4 is 15.1 Å². The summed E-state index contributed by atoms with van der Waals surface area (Å²) in [6.07, 6.45) is 4.09. The van der Waals surface area contributed by atoms with Crippen molar-refractivity contribution < 1.29 is 17.9 Å². The monoisotopic (exact) mass is 556 g/mol. The average Bonchev–Trinajstić information content (AvgIpc) is 2.86. The zero-order chi connectivity index (χ0) is 28.1. The number of rotatable bonds is 7. The first-order valence-corrected chi connectivity index (χ1v) is 15.5. The molecule has 1 aromatic carbocycles. The summed E-state index contributed by atoms with van der Waals surface area (Å²) in [5.41, 5.74) is 0.517. The van der Waals surface area contributed by atoms with E-state index in [1.807, 2.05) is 12.3 Å². The van der Waals surface area contributed by atoms with Crippen LogP contribution in [0, 0.1) is 5.92 Å². The SMILES string of the molecule is CC(C)c1ccc(N2C[C@H](CS(C)(=O)=O)[C@H]2C)c2cnc(Nc3ccnc(N4CC[C@@H](O)[C@@](C)(F)C4)n3)cc12. The molecule has 2 aliphatic heterocycles. The summed E-state index contributed by atoms with van der Waals surface area (Å²) in [4.78, 5) is 17.6. The Labute approximate surface area is 229 Å². The highest BCUT2D eigenvalue weighted by Crippen LogP contribution is 2.39. The number of aliphatic hydroxyl groups is 1. The molecule has 2 aromatic heterocycles. The number of hydrogen-bond acceptors (Lipinski definition) is 9. The largest absolute Gasteiger partial charge is 0.390 e. The Hall–Kier alpha value is -3.05. The van der Waals surface area contributed by atoms with E-state index in [4.69, 9.17) is 0 Å². The molecule has 0 radical (unpaired) electrons. The van der Waals surface area contributed by atoms with Crippen molar-refractivity contribution in [3.63, 3.8) is 0 Å². The first-order valence-electron chi connectivity index (χ1n) is 13.4. The number of nitrogens with one attached hydrogen (secondary N) is 1. The number of nitrogens with zero attached hydrogens (tertiary/aromatic N) is 5. The van der Waals surface area contributed by atoms with Crippen LogP contribution in [0.2, 0.25) is 0 Å². The van der Waals surface area contributed by atoms with Gasteiger partial charge in [-0.1, -0.05) is 19.9 Å². The fourth-order valence-corrected chi connectivity index (χ4v) is 6.83. The van der Waals surface area contributed by atoms with Gasteiger partial charge >= 0.3 is 0 Å². The van der Waals surface area contributed by atoms with Gasteiger partial charge in [0.25, 0.3) is 0 Å². The third kappa shape index (κ3) is 5.65. The molecular formula is C28H37FN6O3S. The Morgan fingerprint density at radius 1 is 1.21 bits per heavy atom. The molecule has 9 nitrogen and oxygen atoms in total. The van der Waals surface area contributed by atoms with Gasteiger partial charge in [0, 0.05) is 54.8 Å². The van der Waals surface area contributed by atoms with Crippen LogP contribution in [0.5, 0.6) is 0 Å². The van der Waals surface area contributed by atoms with Crippen LogP contribution in [0.25, 0.3) is 10.8 Å². The van der Waals surface area contributed by atoms with Gasteiger partial charge in [0.05, 0.1) is 18.4 Å². The van der Waals surface area contributed by atoms with Gasteiger partial charge < -0.3 is 20.2 Å². The Bertz CT molecular complexity index is 1480. The lowest BCUT2D eigenvalue weighted by atomic mass is 9.88. The second-order valence-corrected chi connectivity index (χ2v) is 13.7. The van der Waals surface area contributed by atoms with E-state index < -0.39 is 21.6 Å². The van der Waals surface area contributed by atoms with Crippen LogP contribution in [0.3, 0.4) is 0 Å². The molecule has 210 valence electrons. The van der Waals surface area contributed by atoms with Gasteiger partial charge in [0.2, 0.25) is 5.95 Å². The standard InChI is InChI=1S/C28H37FN6O3S/c1-17(2)20-6-7-23(35-14-19(18(35)3)15-39(5,37)38)22-13-31-26(12-21(20)22)32-25-8-10-30-27(33-25)34-11-9-24(36)28(4,29)16-34/h6-8,10,12-13,17-19,24,36H,9,11,14-16H2,1-5H3,(H,30,31,32,33)/t18-,19-,24-,28+/m1/s1. The van der Waals surface area contributed by atoms with Crippen molar-refractivity contribution >= 4 is 43.9 Å². The summed E-state index contributed by atoms with van der Waals surface area (Å²) >= 11 is 0. The van der Waals surface area contributed by atoms with Crippen LogP contribution >= 0.6 is 0 Å². The normalized spacial score (nSPS) is 25.7. The molecule has 4 heterocycles. The minimum atomic E-state index is -3.03. The molecule has 5 rings (SSSR count). The highest BCUT2D eigenvalue weighted by Gasteiger charge is 2.40. The molecule has 2 aliphatic rings. The van der Waals surface area contributed by atoms with Crippen LogP contribution in [0.1, 0.15) is 45.6 Å². The van der Waals surface area contributed by atoms with Crippen molar-refractivity contribution in [3.05, 3.63) is 42.2 Å². The Kier molecular flexibility index (Phi) is 7.17. The number of fused-ring (bicyclic) bond motifs is 1. The van der Waals surface area contributed by atoms with Gasteiger partial charge in [0.1, 0.15) is 21.5 Å². The van der Waals surface area contributed by atoms with Gasteiger partial charge in [-0.05, 0) is 55.3 Å². The van der Waals surface area contributed by atoms with E-state index in [9.17, 15) is 17.9 Å². The number of piperidine rings is 1. The molecule has 39 heavy (non-hydrogen) atoms. The van der Waals surface area contributed by atoms with Crippen LogP contribution in [0.15, 0.2) is 36.7 Å². The van der Waals surface area contributed by atoms with Gasteiger partial charge in [-0.25, -0.2) is 22.8 Å². The van der Waals surface area contributed by atoms with Crippen molar-refractivity contribution in [2.24, 2.45) is 5.92 Å². The summed E-state index contributed by atoms with van der Waals surface area (Å²) in [5, 5.41) is 15.3. The van der Waals surface area contributed by atoms with Crippen LogP contribution in [-0.2, 0) is 9.84 Å². The molecule has 0 amide bonds. The number of halogens is 1. The summed E-state index contributed by atoms with van der Waals surface area (Å²) in [6, 6.07) is 8.14. The second-order valence-electron chi connectivity index (χ2n) is 11.6. The Morgan fingerprint density at radius 2 is 1.97 bits per heavy atom. The zero-order valence-electron chi connectivity index (χ0n) is 23.1. The van der Waals surface area contributed by atoms with Gasteiger partial charge in [-0.3, -0.25) is 0 Å². The number of aromatic nitrogens is 3. The average molecular weight is 557 g/mol. The molecule has 4 atom stereocenters. The molecule has 0 spiro atoms. The maximum Gasteiger partial charge on any atom is 0.227 e. The van der Waals surface area contributed by atoms with E-state index in [1.165, 1.54) is 18.7 Å². The first-order chi connectivity index (χ1) is 18.3. The predicted octanol–water partition coefficient (Wildman–Crippen LogP) is 4.06. The Balaban J connectivity index is 1.41. The maximum absolute atomic E-state index is 14.7. The number of pyridine rings is 1. The first kappa shape index (κ1) is 27.5. The highest BCUT2D eigenvalue weighted by atomic mass is 32.2. The Morgan fingerprint density at radius 3 is 2.64 bits per heavy atom. The fraction of sp³-hybridized carbons (Fsp3) is 0.536. The minimum absolute atomic E-state index is 0.0202. The molecule has 2 fully saturated rings. The number of anilines is 4. The lowest BCUT2D eigenvalue weighted by Gasteiger charge is -2.48. The van der Waals surface area contributed by atoms with Gasteiger partial charge in [-0.15, -0.1) is 0 Å². The third-order valence-corrected chi connectivity index (χ3v) is 9.05. The molecule has 0 unspecified atom stereocenters. The number of benzene rings is 1. The van der Waals surface area contributed by atoms with Crippen LogP contribution in [-0.4, -0.2) is 77.9 Å². The smallest absolute Gasteiger partial charge is 0.227 e. The highest BCUT2D eigenvalue weighted by molar-refractivity contribution is 7.90. The van der Waals surface area contributed by atoms with E-state index in [0.29, 0.717) is 43.0 Å². The summed E-state index contributed by atoms with van der Waals surface area (Å²) in [5.74, 6) is 2.17. The van der Waals surface area contributed by atoms with E-state index >= 15 is 0 Å². The number of hydrogen-bond donors (Lipinski definition) is 2. The lowest BCUT2D eigenvalue weighted by Crippen LogP contribution is -2.57. The van der Waals surface area contributed by atoms with Gasteiger partial charge in [0.15, 0.2) is 5.67 Å². The topological polar surface area (TPSA) is 112 Å². The number of sulfone groups is 1. The summed E-state index contributed by atoms with van der Waals surface area (Å²) < 4.78 is 38.4. The van der Waals surface area contributed by atoms with E-state index in [1.54, 1.807) is 17.2 Å². The molecule has 3 aromatic rings. The third-order valence-electron chi connectivity index (χ3n) is 8.01. The summed E-state index contributed by atoms with van der Waals surface area (Å²) in [7, 11) is -3.03. The quantitative estimate of drug-likeness (QED) is 0.445. The lowest BCUT2D eigenvalue weighted by molar-refractivity contribution is -0.00860. The molecule has 0 bridgehead atoms. The van der Waals surface area contributed by atoms with E-state index in [2.05, 4.69) is 58.1 Å². The molecule has 2 saturated heterocycles. The fourth-order valence-electron chi connectivity index (χ4n) is 5.66. The second kappa shape index (κ2) is 10.2. The van der Waals surface area contributed by atoms with Crippen molar-refractivity contribution in [2.45, 2.75) is 57.8 Å². The van der Waals surface area contributed by atoms with Crippen molar-refractivity contribution in [3.8, 4) is 0 Å². The molecule has 0 saturated carbocycles. The molecule has 11 heteroatoms. The maximum atomic E-state index is 14.7. The number of aliphatic hydroxyl groups excluding tert-OH is 1.